The predicted octanol–water partition coefficient (Wildman–Crippen LogP) is 2.63. The van der Waals surface area contributed by atoms with Crippen LogP contribution in [0.5, 0.6) is 5.75 Å². The van der Waals surface area contributed by atoms with Gasteiger partial charge in [0.05, 0.1) is 26.7 Å². The summed E-state index contributed by atoms with van der Waals surface area (Å²) in [6.45, 7) is 2.85. The number of esters is 2. The van der Waals surface area contributed by atoms with Gasteiger partial charge in [-0.25, -0.2) is 4.79 Å². The summed E-state index contributed by atoms with van der Waals surface area (Å²) in [5.74, 6) is -5.89. The normalized spacial score (nSPS) is 12.2. The lowest BCUT2D eigenvalue weighted by molar-refractivity contribution is -0.174. The van der Waals surface area contributed by atoms with Crippen molar-refractivity contribution in [3.63, 3.8) is 0 Å². The van der Waals surface area contributed by atoms with Crippen LogP contribution >= 0.6 is 0 Å². The highest BCUT2D eigenvalue weighted by atomic mass is 19.3. The highest BCUT2D eigenvalue weighted by Crippen LogP contribution is 2.27. The molecule has 1 N–H and O–H groups in total. The van der Waals surface area contributed by atoms with Gasteiger partial charge in [-0.3, -0.25) is 4.79 Å². The van der Waals surface area contributed by atoms with Crippen molar-refractivity contribution in [2.24, 2.45) is 0 Å². The fourth-order valence-corrected chi connectivity index (χ4v) is 1.91. The highest BCUT2D eigenvalue weighted by Gasteiger charge is 2.50. The molecule has 0 saturated carbocycles. The third-order valence-corrected chi connectivity index (χ3v) is 3.09. The van der Waals surface area contributed by atoms with Crippen molar-refractivity contribution in [3.05, 3.63) is 24.3 Å². The molecule has 0 fully saturated rings. The summed E-state index contributed by atoms with van der Waals surface area (Å²) in [6.07, 6.45) is -0.689. The number of rotatable bonds is 9. The van der Waals surface area contributed by atoms with Gasteiger partial charge in [0.1, 0.15) is 11.8 Å². The van der Waals surface area contributed by atoms with Gasteiger partial charge in [-0.2, -0.15) is 8.78 Å². The first-order valence-corrected chi connectivity index (χ1v) is 7.46. The summed E-state index contributed by atoms with van der Waals surface area (Å²) >= 11 is 0. The van der Waals surface area contributed by atoms with E-state index in [1.165, 1.54) is 26.2 Å². The van der Waals surface area contributed by atoms with Crippen molar-refractivity contribution in [2.75, 3.05) is 25.6 Å². The van der Waals surface area contributed by atoms with Gasteiger partial charge >= 0.3 is 17.9 Å². The molecule has 0 bridgehead atoms. The number of carbonyl (C=O) groups is 2. The van der Waals surface area contributed by atoms with Gasteiger partial charge in [-0.05, 0) is 38.1 Å². The van der Waals surface area contributed by atoms with Crippen molar-refractivity contribution in [1.82, 2.24) is 0 Å². The molecule has 0 aliphatic carbocycles. The number of alkyl halides is 2. The Kier molecular flexibility index (Phi) is 7.41. The zero-order valence-corrected chi connectivity index (χ0v) is 13.8. The Balaban J connectivity index is 2.98. The number of nitrogens with one attached hydrogen (secondary N) is 1. The van der Waals surface area contributed by atoms with E-state index in [2.05, 4.69) is 10.1 Å². The van der Waals surface area contributed by atoms with Crippen molar-refractivity contribution in [1.29, 1.82) is 0 Å². The summed E-state index contributed by atoms with van der Waals surface area (Å²) < 4.78 is 42.7. The molecule has 0 saturated heterocycles. The molecule has 1 aromatic rings. The van der Waals surface area contributed by atoms with E-state index in [9.17, 15) is 18.4 Å². The van der Waals surface area contributed by atoms with Crippen LogP contribution in [0.25, 0.3) is 0 Å². The summed E-state index contributed by atoms with van der Waals surface area (Å²) in [5, 5.41) is 2.49. The second-order valence-corrected chi connectivity index (χ2v) is 4.78. The van der Waals surface area contributed by atoms with Crippen LogP contribution in [0.2, 0.25) is 0 Å². The van der Waals surface area contributed by atoms with Gasteiger partial charge in [0.2, 0.25) is 0 Å². The summed E-state index contributed by atoms with van der Waals surface area (Å²) in [4.78, 5) is 23.2. The van der Waals surface area contributed by atoms with Crippen molar-refractivity contribution in [2.45, 2.75) is 32.2 Å². The average Bonchev–Trinajstić information content (AvgIpc) is 2.55. The minimum Gasteiger partial charge on any atom is -0.497 e. The van der Waals surface area contributed by atoms with E-state index < -0.39 is 30.3 Å². The molecule has 8 heteroatoms. The molecule has 0 radical (unpaired) electrons. The summed E-state index contributed by atoms with van der Waals surface area (Å²) in [6, 6.07) is 4.32. The molecule has 1 rings (SSSR count). The zero-order chi connectivity index (χ0) is 18.2. The lowest BCUT2D eigenvalue weighted by atomic mass is 10.1. The van der Waals surface area contributed by atoms with Gasteiger partial charge < -0.3 is 19.5 Å². The van der Waals surface area contributed by atoms with Crippen LogP contribution < -0.4 is 10.1 Å². The molecule has 6 nitrogen and oxygen atoms in total. The Hall–Kier alpha value is -2.38. The molecule has 1 atom stereocenters. The van der Waals surface area contributed by atoms with E-state index >= 15 is 0 Å². The van der Waals surface area contributed by atoms with Gasteiger partial charge in [-0.15, -0.1) is 0 Å². The van der Waals surface area contributed by atoms with Gasteiger partial charge in [-0.1, -0.05) is 0 Å². The van der Waals surface area contributed by atoms with Crippen LogP contribution in [0, 0.1) is 0 Å². The SMILES string of the molecule is CCOC(=O)CC(Nc1ccc(OC)cc1)C(F)(F)C(=O)OCC. The van der Waals surface area contributed by atoms with Crippen LogP contribution in [0.4, 0.5) is 14.5 Å². The third kappa shape index (κ3) is 5.36. The number of ether oxygens (including phenoxy) is 3. The Morgan fingerprint density at radius 1 is 1.12 bits per heavy atom. The van der Waals surface area contributed by atoms with E-state index in [0.717, 1.165) is 0 Å². The molecule has 24 heavy (non-hydrogen) atoms. The molecule has 134 valence electrons. The number of anilines is 1. The molecule has 0 aromatic heterocycles. The number of halogens is 2. The second kappa shape index (κ2) is 9.05. The van der Waals surface area contributed by atoms with Crippen LogP contribution in [-0.4, -0.2) is 44.2 Å². The number of methoxy groups -OCH3 is 1. The molecule has 0 aliphatic heterocycles. The van der Waals surface area contributed by atoms with Crippen LogP contribution in [-0.2, 0) is 19.1 Å². The largest absolute Gasteiger partial charge is 0.497 e. The second-order valence-electron chi connectivity index (χ2n) is 4.78. The Labute approximate surface area is 139 Å². The third-order valence-electron chi connectivity index (χ3n) is 3.09. The van der Waals surface area contributed by atoms with Crippen molar-refractivity contribution >= 4 is 17.6 Å². The quantitative estimate of drug-likeness (QED) is 0.694. The zero-order valence-electron chi connectivity index (χ0n) is 13.8. The maximum Gasteiger partial charge on any atom is 0.379 e. The lowest BCUT2D eigenvalue weighted by Gasteiger charge is -2.26. The Morgan fingerprint density at radius 3 is 2.21 bits per heavy atom. The first-order chi connectivity index (χ1) is 11.3. The number of hydrogen-bond acceptors (Lipinski definition) is 6. The molecule has 1 unspecified atom stereocenters. The summed E-state index contributed by atoms with van der Waals surface area (Å²) in [5.41, 5.74) is 0.300. The maximum absolute atomic E-state index is 14.3. The monoisotopic (exact) mass is 345 g/mol. The summed E-state index contributed by atoms with van der Waals surface area (Å²) in [7, 11) is 1.47. The van der Waals surface area contributed by atoms with E-state index in [1.54, 1.807) is 19.1 Å². The minimum absolute atomic E-state index is 0.0546. The number of hydrogen-bond donors (Lipinski definition) is 1. The van der Waals surface area contributed by atoms with Gasteiger partial charge in [0.15, 0.2) is 0 Å². The fraction of sp³-hybridized carbons (Fsp3) is 0.500. The van der Waals surface area contributed by atoms with E-state index in [4.69, 9.17) is 9.47 Å². The maximum atomic E-state index is 14.3. The molecule has 0 heterocycles. The Bertz CT molecular complexity index is 548. The molecule has 0 spiro atoms. The van der Waals surface area contributed by atoms with Gasteiger partial charge in [0, 0.05) is 5.69 Å². The molecular formula is C16H21F2NO5. The minimum atomic E-state index is -3.90. The smallest absolute Gasteiger partial charge is 0.379 e. The average molecular weight is 345 g/mol. The predicted molar refractivity (Wildman–Crippen MR) is 83.2 cm³/mol. The van der Waals surface area contributed by atoms with E-state index in [-0.39, 0.29) is 13.2 Å². The van der Waals surface area contributed by atoms with Crippen molar-refractivity contribution in [3.8, 4) is 5.75 Å². The van der Waals surface area contributed by atoms with Gasteiger partial charge in [0.25, 0.3) is 0 Å². The Morgan fingerprint density at radius 2 is 1.71 bits per heavy atom. The standard InChI is InChI=1S/C16H21F2NO5/c1-4-23-14(20)10-13(16(17,18)15(21)24-5-2)19-11-6-8-12(22-3)9-7-11/h6-9,13,19H,4-5,10H2,1-3H3. The molecular weight excluding hydrogens is 324 g/mol. The number of benzene rings is 1. The molecule has 0 amide bonds. The molecule has 1 aromatic carbocycles. The molecule has 0 aliphatic rings. The topological polar surface area (TPSA) is 73.9 Å². The van der Waals surface area contributed by atoms with Crippen LogP contribution in [0.3, 0.4) is 0 Å². The van der Waals surface area contributed by atoms with Crippen molar-refractivity contribution < 1.29 is 32.6 Å². The van der Waals surface area contributed by atoms with Crippen LogP contribution in [0.15, 0.2) is 24.3 Å². The fourth-order valence-electron chi connectivity index (χ4n) is 1.91. The van der Waals surface area contributed by atoms with Crippen LogP contribution in [0.1, 0.15) is 20.3 Å². The van der Waals surface area contributed by atoms with E-state index in [1.807, 2.05) is 0 Å². The first-order valence-electron chi connectivity index (χ1n) is 7.46. The number of carbonyl (C=O) groups excluding carboxylic acids is 2. The lowest BCUT2D eigenvalue weighted by Crippen LogP contribution is -2.48. The highest BCUT2D eigenvalue weighted by molar-refractivity contribution is 5.81. The first kappa shape index (κ1) is 19.7. The van der Waals surface area contributed by atoms with E-state index in [0.29, 0.717) is 11.4 Å².